The molecule has 1 saturated heterocycles. The summed E-state index contributed by atoms with van der Waals surface area (Å²) in [6.07, 6.45) is 12.3. The van der Waals surface area contributed by atoms with Gasteiger partial charge in [-0.05, 0) is 74.5 Å². The topological polar surface area (TPSA) is 32.8 Å². The normalized spacial score (nSPS) is 59.5. The summed E-state index contributed by atoms with van der Waals surface area (Å²) in [6, 6.07) is 0. The highest BCUT2D eigenvalue weighted by Crippen LogP contribution is 2.70. The maximum Gasteiger partial charge on any atom is 0.0972 e. The fraction of sp³-hybridized carbons (Fsp3) is 0.900. The molecule has 7 atom stereocenters. The summed E-state index contributed by atoms with van der Waals surface area (Å²) in [4.78, 5) is 0. The molecule has 0 unspecified atom stereocenters. The number of aliphatic hydroxyl groups excluding tert-OH is 1. The molecular formula is C20H30O2. The smallest absolute Gasteiger partial charge is 0.0972 e. The monoisotopic (exact) mass is 302 g/mol. The molecule has 1 N–H and O–H groups in total. The van der Waals surface area contributed by atoms with Crippen molar-refractivity contribution in [3.63, 3.8) is 0 Å². The largest absolute Gasteiger partial charge is 0.393 e. The van der Waals surface area contributed by atoms with Crippen molar-refractivity contribution < 1.29 is 9.84 Å². The maximum absolute atomic E-state index is 10.1. The summed E-state index contributed by atoms with van der Waals surface area (Å²) >= 11 is 0. The van der Waals surface area contributed by atoms with Gasteiger partial charge in [0.15, 0.2) is 0 Å². The van der Waals surface area contributed by atoms with Crippen molar-refractivity contribution in [3.8, 4) is 0 Å². The molecule has 2 nitrogen and oxygen atoms in total. The minimum absolute atomic E-state index is 0.0839. The Bertz CT molecular complexity index is 534. The number of hydrogen-bond acceptors (Lipinski definition) is 2. The predicted molar refractivity (Wildman–Crippen MR) is 86.4 cm³/mol. The molecule has 2 heteroatoms. The van der Waals surface area contributed by atoms with Crippen molar-refractivity contribution in [1.29, 1.82) is 0 Å². The summed E-state index contributed by atoms with van der Waals surface area (Å²) < 4.78 is 6.01. The third-order valence-electron chi connectivity index (χ3n) is 8.86. The Morgan fingerprint density at radius 3 is 2.64 bits per heavy atom. The van der Waals surface area contributed by atoms with Crippen LogP contribution < -0.4 is 0 Å². The SMILES string of the molecule is C[C@]12CC[C@@H](O)CC1=CC[C@@H]1[C@@H]2CC[C@@]2(C)[C@H]1CC[C@@]21CO1. The first kappa shape index (κ1) is 14.0. The van der Waals surface area contributed by atoms with Gasteiger partial charge < -0.3 is 9.84 Å². The van der Waals surface area contributed by atoms with Crippen LogP contribution in [-0.2, 0) is 4.74 Å². The first-order valence-corrected chi connectivity index (χ1v) is 9.50. The second-order valence-electron chi connectivity index (χ2n) is 9.43. The third-order valence-corrected chi connectivity index (χ3v) is 8.86. The molecule has 1 aliphatic heterocycles. The van der Waals surface area contributed by atoms with E-state index in [0.29, 0.717) is 10.8 Å². The van der Waals surface area contributed by atoms with E-state index < -0.39 is 0 Å². The van der Waals surface area contributed by atoms with Gasteiger partial charge in [-0.25, -0.2) is 0 Å². The summed E-state index contributed by atoms with van der Waals surface area (Å²) in [6.45, 7) is 6.09. The van der Waals surface area contributed by atoms with Crippen LogP contribution in [0.5, 0.6) is 0 Å². The van der Waals surface area contributed by atoms with Crippen molar-refractivity contribution in [2.24, 2.45) is 28.6 Å². The van der Waals surface area contributed by atoms with E-state index in [9.17, 15) is 5.11 Å². The van der Waals surface area contributed by atoms with Crippen molar-refractivity contribution in [2.75, 3.05) is 6.61 Å². The number of hydrogen-bond donors (Lipinski definition) is 1. The van der Waals surface area contributed by atoms with Crippen molar-refractivity contribution in [3.05, 3.63) is 11.6 Å². The van der Waals surface area contributed by atoms with Gasteiger partial charge in [0, 0.05) is 5.41 Å². The second-order valence-corrected chi connectivity index (χ2v) is 9.43. The quantitative estimate of drug-likeness (QED) is 0.540. The summed E-state index contributed by atoms with van der Waals surface area (Å²) in [5, 5.41) is 10.1. The van der Waals surface area contributed by atoms with E-state index >= 15 is 0 Å². The molecule has 0 aromatic heterocycles. The number of aliphatic hydroxyl groups is 1. The highest BCUT2D eigenvalue weighted by atomic mass is 16.6. The molecule has 3 saturated carbocycles. The molecule has 5 rings (SSSR count). The van der Waals surface area contributed by atoms with Crippen LogP contribution in [0.3, 0.4) is 0 Å². The Morgan fingerprint density at radius 1 is 1.09 bits per heavy atom. The predicted octanol–water partition coefficient (Wildman–Crippen LogP) is 4.08. The van der Waals surface area contributed by atoms with Crippen LogP contribution in [0.2, 0.25) is 0 Å². The van der Waals surface area contributed by atoms with E-state index in [2.05, 4.69) is 19.9 Å². The van der Waals surface area contributed by atoms with Gasteiger partial charge in [0.05, 0.1) is 18.3 Å². The van der Waals surface area contributed by atoms with E-state index in [1.165, 1.54) is 38.5 Å². The molecule has 0 bridgehead atoms. The van der Waals surface area contributed by atoms with Crippen LogP contribution in [0, 0.1) is 28.6 Å². The third kappa shape index (κ3) is 1.54. The van der Waals surface area contributed by atoms with Gasteiger partial charge in [-0.3, -0.25) is 0 Å². The average Bonchev–Trinajstić information content (AvgIpc) is 3.22. The first-order valence-electron chi connectivity index (χ1n) is 9.50. The Balaban J connectivity index is 1.51. The van der Waals surface area contributed by atoms with Gasteiger partial charge in [-0.2, -0.15) is 0 Å². The lowest BCUT2D eigenvalue weighted by atomic mass is 9.47. The van der Waals surface area contributed by atoms with E-state index in [1.807, 2.05) is 0 Å². The van der Waals surface area contributed by atoms with E-state index in [0.717, 1.165) is 37.2 Å². The zero-order chi connectivity index (χ0) is 15.2. The Morgan fingerprint density at radius 2 is 1.86 bits per heavy atom. The van der Waals surface area contributed by atoms with Gasteiger partial charge >= 0.3 is 0 Å². The van der Waals surface area contributed by atoms with Crippen LogP contribution in [0.25, 0.3) is 0 Å². The molecule has 0 aromatic carbocycles. The molecule has 1 spiro atoms. The highest BCUT2D eigenvalue weighted by Gasteiger charge is 2.69. The maximum atomic E-state index is 10.1. The number of fused-ring (bicyclic) bond motifs is 6. The number of allylic oxidation sites excluding steroid dienone is 1. The second kappa shape index (κ2) is 4.19. The van der Waals surface area contributed by atoms with Gasteiger partial charge in [-0.15, -0.1) is 0 Å². The number of epoxide rings is 1. The Kier molecular flexibility index (Phi) is 2.67. The van der Waals surface area contributed by atoms with Crippen LogP contribution in [0.4, 0.5) is 0 Å². The van der Waals surface area contributed by atoms with Crippen LogP contribution >= 0.6 is 0 Å². The first-order chi connectivity index (χ1) is 10.5. The molecular weight excluding hydrogens is 272 g/mol. The van der Waals surface area contributed by atoms with Gasteiger partial charge in [-0.1, -0.05) is 25.5 Å². The van der Waals surface area contributed by atoms with E-state index in [1.54, 1.807) is 5.57 Å². The molecule has 1 heterocycles. The molecule has 0 radical (unpaired) electrons. The molecule has 4 fully saturated rings. The standard InChI is InChI=1S/C20H30O2/c1-18-8-5-14(21)11-13(18)3-4-15-16(18)6-9-19(2)17(15)7-10-20(19)12-22-20/h3,14-17,21H,4-12H2,1-2H3/t14-,15-,16+,17+,18+,19+,20-/m1/s1. The highest BCUT2D eigenvalue weighted by molar-refractivity contribution is 5.27. The van der Waals surface area contributed by atoms with Gasteiger partial charge in [0.2, 0.25) is 0 Å². The van der Waals surface area contributed by atoms with Crippen LogP contribution in [0.1, 0.15) is 65.2 Å². The fourth-order valence-electron chi connectivity index (χ4n) is 7.30. The Hall–Kier alpha value is -0.340. The van der Waals surface area contributed by atoms with Crippen LogP contribution in [0.15, 0.2) is 11.6 Å². The lowest BCUT2D eigenvalue weighted by Gasteiger charge is -2.57. The zero-order valence-electron chi connectivity index (χ0n) is 14.1. The lowest BCUT2D eigenvalue weighted by Crippen LogP contribution is -2.51. The zero-order valence-corrected chi connectivity index (χ0v) is 14.1. The minimum Gasteiger partial charge on any atom is -0.393 e. The van der Waals surface area contributed by atoms with Gasteiger partial charge in [0.1, 0.15) is 0 Å². The minimum atomic E-state index is -0.0839. The number of ether oxygens (including phenoxy) is 1. The van der Waals surface area contributed by atoms with Crippen molar-refractivity contribution in [2.45, 2.75) is 76.9 Å². The summed E-state index contributed by atoms with van der Waals surface area (Å²) in [5.74, 6) is 2.59. The fourth-order valence-corrected chi connectivity index (χ4v) is 7.30. The molecule has 22 heavy (non-hydrogen) atoms. The lowest BCUT2D eigenvalue weighted by molar-refractivity contribution is -0.0556. The average molecular weight is 302 g/mol. The summed E-state index contributed by atoms with van der Waals surface area (Å²) in [5.41, 5.74) is 2.69. The molecule has 5 aliphatic rings. The van der Waals surface area contributed by atoms with Crippen molar-refractivity contribution >= 4 is 0 Å². The van der Waals surface area contributed by atoms with E-state index in [-0.39, 0.29) is 11.7 Å². The van der Waals surface area contributed by atoms with E-state index in [4.69, 9.17) is 4.74 Å². The Labute approximate surface area is 134 Å². The summed E-state index contributed by atoms with van der Waals surface area (Å²) in [7, 11) is 0. The molecule has 0 amide bonds. The van der Waals surface area contributed by atoms with Gasteiger partial charge in [0.25, 0.3) is 0 Å². The molecule has 122 valence electrons. The molecule has 4 aliphatic carbocycles. The van der Waals surface area contributed by atoms with Crippen molar-refractivity contribution in [1.82, 2.24) is 0 Å². The van der Waals surface area contributed by atoms with Crippen LogP contribution in [-0.4, -0.2) is 23.4 Å². The number of rotatable bonds is 0. The molecule has 0 aromatic rings.